The lowest BCUT2D eigenvalue weighted by Gasteiger charge is -2.15. The summed E-state index contributed by atoms with van der Waals surface area (Å²) in [6.07, 6.45) is 2.20. The molecule has 142 valence electrons. The van der Waals surface area contributed by atoms with Crippen molar-refractivity contribution >= 4 is 35.0 Å². The number of esters is 2. The first kappa shape index (κ1) is 20.1. The highest BCUT2D eigenvalue weighted by Crippen LogP contribution is 2.18. The lowest BCUT2D eigenvalue weighted by atomic mass is 10.1. The number of carbonyl (C=O) groups is 2. The summed E-state index contributed by atoms with van der Waals surface area (Å²) in [5, 5.41) is 6.46. The molecule has 1 aromatic carbocycles. The van der Waals surface area contributed by atoms with Crippen molar-refractivity contribution in [2.24, 2.45) is 0 Å². The lowest BCUT2D eigenvalue weighted by molar-refractivity contribution is 0.0525. The highest BCUT2D eigenvalue weighted by atomic mass is 32.1. The molecule has 1 unspecified atom stereocenters. The van der Waals surface area contributed by atoms with E-state index in [4.69, 9.17) is 26.4 Å². The van der Waals surface area contributed by atoms with Gasteiger partial charge in [0.1, 0.15) is 0 Å². The quantitative estimate of drug-likeness (QED) is 0.551. The second kappa shape index (κ2) is 10.1. The summed E-state index contributed by atoms with van der Waals surface area (Å²) in [5.41, 5.74) is 1.01. The van der Waals surface area contributed by atoms with Crippen LogP contribution in [0.1, 0.15) is 47.4 Å². The third-order valence-corrected chi connectivity index (χ3v) is 3.97. The molecule has 1 fully saturated rings. The van der Waals surface area contributed by atoms with Crippen molar-refractivity contribution in [2.75, 3.05) is 31.7 Å². The number of anilines is 1. The molecule has 0 bridgehead atoms. The van der Waals surface area contributed by atoms with Gasteiger partial charge in [-0.05, 0) is 57.1 Å². The van der Waals surface area contributed by atoms with Gasteiger partial charge in [0, 0.05) is 18.8 Å². The van der Waals surface area contributed by atoms with E-state index in [-0.39, 0.29) is 30.4 Å². The van der Waals surface area contributed by atoms with E-state index < -0.39 is 11.9 Å². The fraction of sp³-hybridized carbons (Fsp3) is 0.500. The summed E-state index contributed by atoms with van der Waals surface area (Å²) >= 11 is 5.28. The molecule has 1 saturated heterocycles. The smallest absolute Gasteiger partial charge is 0.338 e. The van der Waals surface area contributed by atoms with Gasteiger partial charge in [0.05, 0.1) is 30.4 Å². The molecular formula is C18H24N2O5S. The molecule has 26 heavy (non-hydrogen) atoms. The monoisotopic (exact) mass is 380 g/mol. The number of hydrogen-bond acceptors (Lipinski definition) is 6. The molecule has 0 saturated carbocycles. The van der Waals surface area contributed by atoms with E-state index in [0.29, 0.717) is 17.3 Å². The van der Waals surface area contributed by atoms with Gasteiger partial charge in [-0.25, -0.2) is 9.59 Å². The van der Waals surface area contributed by atoms with Crippen LogP contribution in [-0.2, 0) is 14.2 Å². The maximum Gasteiger partial charge on any atom is 0.338 e. The van der Waals surface area contributed by atoms with Gasteiger partial charge in [-0.2, -0.15) is 0 Å². The minimum Gasteiger partial charge on any atom is -0.462 e. The molecule has 0 spiro atoms. The van der Waals surface area contributed by atoms with Gasteiger partial charge in [-0.1, -0.05) is 0 Å². The molecule has 1 heterocycles. The molecule has 0 amide bonds. The zero-order chi connectivity index (χ0) is 18.9. The molecule has 0 aliphatic carbocycles. The summed E-state index contributed by atoms with van der Waals surface area (Å²) in [7, 11) is 0. The van der Waals surface area contributed by atoms with Crippen molar-refractivity contribution in [3.8, 4) is 0 Å². The van der Waals surface area contributed by atoms with Crippen molar-refractivity contribution in [3.05, 3.63) is 29.3 Å². The van der Waals surface area contributed by atoms with Crippen LogP contribution < -0.4 is 10.6 Å². The average molecular weight is 380 g/mol. The first-order valence-corrected chi connectivity index (χ1v) is 9.10. The van der Waals surface area contributed by atoms with Crippen LogP contribution in [-0.4, -0.2) is 49.5 Å². The fourth-order valence-corrected chi connectivity index (χ4v) is 2.75. The second-order valence-electron chi connectivity index (χ2n) is 5.71. The van der Waals surface area contributed by atoms with Crippen molar-refractivity contribution in [1.82, 2.24) is 5.32 Å². The number of benzene rings is 1. The molecule has 0 radical (unpaired) electrons. The molecule has 7 nitrogen and oxygen atoms in total. The van der Waals surface area contributed by atoms with Crippen LogP contribution >= 0.6 is 12.2 Å². The van der Waals surface area contributed by atoms with Crippen LogP contribution in [0.25, 0.3) is 0 Å². The number of thiocarbonyl (C=S) groups is 1. The number of carbonyl (C=O) groups excluding carboxylic acids is 2. The molecule has 8 heteroatoms. The topological polar surface area (TPSA) is 85.9 Å². The van der Waals surface area contributed by atoms with Crippen molar-refractivity contribution in [2.45, 2.75) is 32.8 Å². The van der Waals surface area contributed by atoms with Crippen LogP contribution in [0.5, 0.6) is 0 Å². The highest BCUT2D eigenvalue weighted by molar-refractivity contribution is 7.80. The summed E-state index contributed by atoms with van der Waals surface area (Å²) in [6.45, 7) is 5.30. The van der Waals surface area contributed by atoms with E-state index >= 15 is 0 Å². The minimum atomic E-state index is -0.514. The van der Waals surface area contributed by atoms with Gasteiger partial charge in [0.25, 0.3) is 0 Å². The minimum absolute atomic E-state index is 0.149. The Bertz CT molecular complexity index is 623. The zero-order valence-electron chi connectivity index (χ0n) is 15.0. The van der Waals surface area contributed by atoms with Crippen LogP contribution in [0.4, 0.5) is 5.69 Å². The Morgan fingerprint density at radius 2 is 1.77 bits per heavy atom. The molecule has 0 aromatic heterocycles. The first-order valence-electron chi connectivity index (χ1n) is 8.69. The van der Waals surface area contributed by atoms with Crippen LogP contribution in [0, 0.1) is 0 Å². The van der Waals surface area contributed by atoms with E-state index in [0.717, 1.165) is 19.4 Å². The number of hydrogen-bond donors (Lipinski definition) is 2. The molecule has 2 N–H and O–H groups in total. The third-order valence-electron chi connectivity index (χ3n) is 3.73. The summed E-state index contributed by atoms with van der Waals surface area (Å²) in [4.78, 5) is 24.1. The Labute approximate surface area is 158 Å². The van der Waals surface area contributed by atoms with Gasteiger partial charge < -0.3 is 24.8 Å². The molecule has 1 aromatic rings. The predicted octanol–water partition coefficient (Wildman–Crippen LogP) is 2.51. The standard InChI is InChI=1S/C18H24N2O5S/c1-3-23-16(21)12-8-13(17(22)24-4-2)10-14(9-12)20-18(26)19-11-15-6-5-7-25-15/h8-10,15H,3-7,11H2,1-2H3,(H2,19,20,26). The Morgan fingerprint density at radius 3 is 2.27 bits per heavy atom. The second-order valence-corrected chi connectivity index (χ2v) is 6.12. The van der Waals surface area contributed by atoms with E-state index in [1.165, 1.54) is 6.07 Å². The normalized spacial score (nSPS) is 16.0. The van der Waals surface area contributed by atoms with Gasteiger partial charge in [0.15, 0.2) is 5.11 Å². The third kappa shape index (κ3) is 5.96. The number of rotatable bonds is 7. The van der Waals surface area contributed by atoms with E-state index in [2.05, 4.69) is 10.6 Å². The first-order chi connectivity index (χ1) is 12.5. The Morgan fingerprint density at radius 1 is 1.15 bits per heavy atom. The SMILES string of the molecule is CCOC(=O)c1cc(NC(=S)NCC2CCCO2)cc(C(=O)OCC)c1. The lowest BCUT2D eigenvalue weighted by Crippen LogP contribution is -2.34. The van der Waals surface area contributed by atoms with Gasteiger partial charge in [0.2, 0.25) is 0 Å². The summed E-state index contributed by atoms with van der Waals surface area (Å²) in [6, 6.07) is 4.62. The van der Waals surface area contributed by atoms with Crippen molar-refractivity contribution in [3.63, 3.8) is 0 Å². The molecule has 1 aliphatic rings. The van der Waals surface area contributed by atoms with E-state index in [1.807, 2.05) is 0 Å². The Hall–Kier alpha value is -2.19. The summed E-state index contributed by atoms with van der Waals surface area (Å²) in [5.74, 6) is -1.03. The largest absolute Gasteiger partial charge is 0.462 e. The number of ether oxygens (including phenoxy) is 3. The van der Waals surface area contributed by atoms with Gasteiger partial charge in [-0.15, -0.1) is 0 Å². The average Bonchev–Trinajstić information content (AvgIpc) is 3.13. The Kier molecular flexibility index (Phi) is 7.80. The maximum atomic E-state index is 12.0. The van der Waals surface area contributed by atoms with Crippen LogP contribution in [0.2, 0.25) is 0 Å². The predicted molar refractivity (Wildman–Crippen MR) is 102 cm³/mol. The Balaban J connectivity index is 2.09. The maximum absolute atomic E-state index is 12.0. The van der Waals surface area contributed by atoms with Crippen LogP contribution in [0.3, 0.4) is 0 Å². The molecule has 2 rings (SSSR count). The molecule has 1 aliphatic heterocycles. The van der Waals surface area contributed by atoms with Crippen molar-refractivity contribution in [1.29, 1.82) is 0 Å². The van der Waals surface area contributed by atoms with Crippen LogP contribution in [0.15, 0.2) is 18.2 Å². The zero-order valence-corrected chi connectivity index (χ0v) is 15.8. The molecule has 1 atom stereocenters. The number of nitrogens with one attached hydrogen (secondary N) is 2. The van der Waals surface area contributed by atoms with Gasteiger partial charge >= 0.3 is 11.9 Å². The highest BCUT2D eigenvalue weighted by Gasteiger charge is 2.17. The van der Waals surface area contributed by atoms with Crippen molar-refractivity contribution < 1.29 is 23.8 Å². The molecular weight excluding hydrogens is 356 g/mol. The fourth-order valence-electron chi connectivity index (χ4n) is 2.55. The van der Waals surface area contributed by atoms with Gasteiger partial charge in [-0.3, -0.25) is 0 Å². The summed E-state index contributed by atoms with van der Waals surface area (Å²) < 4.78 is 15.6. The van der Waals surface area contributed by atoms with E-state index in [9.17, 15) is 9.59 Å². The van der Waals surface area contributed by atoms with E-state index in [1.54, 1.807) is 26.0 Å².